The molecule has 90 valence electrons. The van der Waals surface area contributed by atoms with Gasteiger partial charge >= 0.3 is 0 Å². The molecule has 0 spiro atoms. The van der Waals surface area contributed by atoms with Gasteiger partial charge in [-0.1, -0.05) is 18.2 Å². The molecule has 0 fully saturated rings. The second kappa shape index (κ2) is 5.64. The van der Waals surface area contributed by atoms with E-state index in [0.29, 0.717) is 11.3 Å². The van der Waals surface area contributed by atoms with Gasteiger partial charge in [-0.3, -0.25) is 4.79 Å². The topological polar surface area (TPSA) is 35.5 Å². The molecule has 0 radical (unpaired) electrons. The first kappa shape index (κ1) is 11.9. The van der Waals surface area contributed by atoms with Crippen molar-refractivity contribution in [3.05, 3.63) is 41.5 Å². The third-order valence-electron chi connectivity index (χ3n) is 2.80. The summed E-state index contributed by atoms with van der Waals surface area (Å²) in [6.07, 6.45) is 4.97. The first-order valence-electron chi connectivity index (χ1n) is 5.77. The molecule has 1 aromatic carbocycles. The molecule has 3 nitrogen and oxygen atoms in total. The zero-order valence-electron chi connectivity index (χ0n) is 9.94. The fraction of sp³-hybridized carbons (Fsp3) is 0.357. The van der Waals surface area contributed by atoms with Gasteiger partial charge in [0.05, 0.1) is 5.56 Å². The zero-order chi connectivity index (χ0) is 12.1. The smallest absolute Gasteiger partial charge is 0.192 e. The summed E-state index contributed by atoms with van der Waals surface area (Å²) in [6.45, 7) is 0.156. The Morgan fingerprint density at radius 2 is 2.18 bits per heavy atom. The number of hydrogen-bond acceptors (Lipinski definition) is 3. The van der Waals surface area contributed by atoms with Crippen LogP contribution >= 0.6 is 0 Å². The Morgan fingerprint density at radius 1 is 1.35 bits per heavy atom. The highest BCUT2D eigenvalue weighted by Gasteiger charge is 2.18. The van der Waals surface area contributed by atoms with Crippen molar-refractivity contribution in [3.63, 3.8) is 0 Å². The Balaban J connectivity index is 2.21. The Morgan fingerprint density at radius 3 is 2.88 bits per heavy atom. The lowest BCUT2D eigenvalue weighted by Crippen LogP contribution is -2.07. The van der Waals surface area contributed by atoms with E-state index in [4.69, 9.17) is 9.47 Å². The fourth-order valence-electron chi connectivity index (χ4n) is 1.95. The maximum Gasteiger partial charge on any atom is 0.192 e. The maximum absolute atomic E-state index is 12.2. The van der Waals surface area contributed by atoms with Crippen LogP contribution in [0.3, 0.4) is 0 Å². The minimum atomic E-state index is 0.0780. The maximum atomic E-state index is 12.2. The quantitative estimate of drug-likeness (QED) is 0.578. The molecule has 0 atom stereocenters. The molecular formula is C14H16O3. The van der Waals surface area contributed by atoms with Gasteiger partial charge < -0.3 is 9.47 Å². The predicted octanol–water partition coefficient (Wildman–Crippen LogP) is 2.96. The van der Waals surface area contributed by atoms with Crippen LogP contribution in [0.4, 0.5) is 0 Å². The molecule has 0 amide bonds. The summed E-state index contributed by atoms with van der Waals surface area (Å²) in [4.78, 5) is 12.2. The normalized spacial score (nSPS) is 14.5. The largest absolute Gasteiger partial charge is 0.467 e. The number of Topliss-reactive ketones (excluding diaryl/α,β-unsaturated/α-hetero) is 1. The molecule has 17 heavy (non-hydrogen) atoms. The van der Waals surface area contributed by atoms with E-state index in [9.17, 15) is 4.79 Å². The van der Waals surface area contributed by atoms with Gasteiger partial charge in [-0.25, -0.2) is 0 Å². The molecule has 0 heterocycles. The van der Waals surface area contributed by atoms with Gasteiger partial charge in [-0.15, -0.1) is 0 Å². The van der Waals surface area contributed by atoms with Gasteiger partial charge in [0.15, 0.2) is 12.6 Å². The number of benzene rings is 1. The van der Waals surface area contributed by atoms with Crippen LogP contribution in [0, 0.1) is 0 Å². The van der Waals surface area contributed by atoms with Crippen LogP contribution in [0.25, 0.3) is 0 Å². The van der Waals surface area contributed by atoms with Crippen LogP contribution in [0.1, 0.15) is 29.6 Å². The minimum Gasteiger partial charge on any atom is -0.467 e. The second-order valence-electron chi connectivity index (χ2n) is 4.00. The van der Waals surface area contributed by atoms with Crippen molar-refractivity contribution in [1.29, 1.82) is 0 Å². The average molecular weight is 232 g/mol. The number of carbonyl (C=O) groups is 1. The summed E-state index contributed by atoms with van der Waals surface area (Å²) in [6, 6.07) is 7.29. The van der Waals surface area contributed by atoms with Gasteiger partial charge in [0, 0.05) is 7.11 Å². The van der Waals surface area contributed by atoms with Gasteiger partial charge in [0.2, 0.25) is 0 Å². The molecule has 0 saturated heterocycles. The number of para-hydroxylation sites is 1. The number of carbonyl (C=O) groups excluding carboxylic acids is 1. The van der Waals surface area contributed by atoms with Crippen molar-refractivity contribution >= 4 is 5.78 Å². The summed E-state index contributed by atoms with van der Waals surface area (Å²) in [7, 11) is 1.56. The van der Waals surface area contributed by atoms with Gasteiger partial charge in [-0.2, -0.15) is 0 Å². The van der Waals surface area contributed by atoms with Crippen molar-refractivity contribution < 1.29 is 14.3 Å². The lowest BCUT2D eigenvalue weighted by Gasteiger charge is -2.10. The Hall–Kier alpha value is -1.61. The van der Waals surface area contributed by atoms with E-state index in [-0.39, 0.29) is 12.6 Å². The molecule has 0 unspecified atom stereocenters. The number of hydrogen-bond donors (Lipinski definition) is 0. The average Bonchev–Trinajstić information content (AvgIpc) is 2.89. The van der Waals surface area contributed by atoms with Crippen molar-refractivity contribution in [2.45, 2.75) is 19.3 Å². The number of ketones is 1. The predicted molar refractivity (Wildman–Crippen MR) is 65.2 cm³/mol. The lowest BCUT2D eigenvalue weighted by atomic mass is 10.0. The van der Waals surface area contributed by atoms with Gasteiger partial charge in [0.25, 0.3) is 0 Å². The monoisotopic (exact) mass is 232 g/mol. The highest BCUT2D eigenvalue weighted by atomic mass is 16.7. The van der Waals surface area contributed by atoms with Gasteiger partial charge in [0.1, 0.15) is 5.75 Å². The van der Waals surface area contributed by atoms with Crippen molar-refractivity contribution in [2.75, 3.05) is 13.9 Å². The zero-order valence-corrected chi connectivity index (χ0v) is 9.94. The van der Waals surface area contributed by atoms with E-state index >= 15 is 0 Å². The molecule has 1 aliphatic rings. The first-order chi connectivity index (χ1) is 8.33. The van der Waals surface area contributed by atoms with Gasteiger partial charge in [-0.05, 0) is 37.0 Å². The number of rotatable bonds is 5. The van der Waals surface area contributed by atoms with E-state index in [1.54, 1.807) is 19.2 Å². The SMILES string of the molecule is COCOc1ccccc1C(=O)C1=CCCC1. The molecule has 1 aromatic rings. The fourth-order valence-corrected chi connectivity index (χ4v) is 1.95. The third-order valence-corrected chi connectivity index (χ3v) is 2.80. The Kier molecular flexibility index (Phi) is 3.94. The van der Waals surface area contributed by atoms with Crippen LogP contribution in [0.15, 0.2) is 35.9 Å². The number of ether oxygens (including phenoxy) is 2. The third kappa shape index (κ3) is 2.74. The van der Waals surface area contributed by atoms with E-state index in [2.05, 4.69) is 0 Å². The van der Waals surface area contributed by atoms with E-state index < -0.39 is 0 Å². The molecule has 0 N–H and O–H groups in total. The molecule has 1 aliphatic carbocycles. The van der Waals surface area contributed by atoms with E-state index in [0.717, 1.165) is 24.8 Å². The van der Waals surface area contributed by atoms with Crippen molar-refractivity contribution in [2.24, 2.45) is 0 Å². The van der Waals surface area contributed by atoms with Crippen molar-refractivity contribution in [3.8, 4) is 5.75 Å². The van der Waals surface area contributed by atoms with E-state index in [1.165, 1.54) is 0 Å². The molecule has 0 aliphatic heterocycles. The standard InChI is InChI=1S/C14H16O3/c1-16-10-17-13-9-5-4-8-12(13)14(15)11-6-2-3-7-11/h4-6,8-9H,2-3,7,10H2,1H3. The summed E-state index contributed by atoms with van der Waals surface area (Å²) >= 11 is 0. The highest BCUT2D eigenvalue weighted by Crippen LogP contribution is 2.26. The van der Waals surface area contributed by atoms with E-state index in [1.807, 2.05) is 18.2 Å². The number of allylic oxidation sites excluding steroid dienone is 2. The summed E-state index contributed by atoms with van der Waals surface area (Å²) in [5.41, 5.74) is 1.52. The molecule has 2 rings (SSSR count). The highest BCUT2D eigenvalue weighted by molar-refractivity contribution is 6.10. The second-order valence-corrected chi connectivity index (χ2v) is 4.00. The minimum absolute atomic E-state index is 0.0780. The van der Waals surface area contributed by atoms with Crippen molar-refractivity contribution in [1.82, 2.24) is 0 Å². The summed E-state index contributed by atoms with van der Waals surface area (Å²) < 4.78 is 10.3. The van der Waals surface area contributed by atoms with Crippen LogP contribution in [-0.2, 0) is 4.74 Å². The Bertz CT molecular complexity index is 435. The van der Waals surface area contributed by atoms with Crippen LogP contribution in [0.2, 0.25) is 0 Å². The van der Waals surface area contributed by atoms with Crippen LogP contribution in [0.5, 0.6) is 5.75 Å². The van der Waals surface area contributed by atoms with Crippen LogP contribution in [-0.4, -0.2) is 19.7 Å². The molecule has 3 heteroatoms. The summed E-state index contributed by atoms with van der Waals surface area (Å²) in [5, 5.41) is 0. The molecule has 0 aromatic heterocycles. The molecular weight excluding hydrogens is 216 g/mol. The Labute approximate surface area is 101 Å². The molecule has 0 bridgehead atoms. The first-order valence-corrected chi connectivity index (χ1v) is 5.77. The van der Waals surface area contributed by atoms with Crippen LogP contribution < -0.4 is 4.74 Å². The lowest BCUT2D eigenvalue weighted by molar-refractivity contribution is 0.0503. The molecule has 0 saturated carbocycles. The number of methoxy groups -OCH3 is 1. The summed E-state index contributed by atoms with van der Waals surface area (Å²) in [5.74, 6) is 0.668.